The molecule has 1 N–H and O–H groups in total. The van der Waals surface area contributed by atoms with Crippen LogP contribution in [0.1, 0.15) is 21.5 Å². The molecular formula is C24H21N5O4. The molecule has 2 aromatic carbocycles. The van der Waals surface area contributed by atoms with Gasteiger partial charge in [0.25, 0.3) is 5.91 Å². The average molecular weight is 443 g/mol. The number of carbonyl (C=O) groups is 1. The Morgan fingerprint density at radius 1 is 1.06 bits per heavy atom. The van der Waals surface area contributed by atoms with E-state index in [2.05, 4.69) is 21.5 Å². The minimum absolute atomic E-state index is 0.198. The van der Waals surface area contributed by atoms with E-state index in [4.69, 9.17) is 14.2 Å². The summed E-state index contributed by atoms with van der Waals surface area (Å²) < 4.78 is 17.4. The number of aryl methyl sites for hydroxylation is 1. The van der Waals surface area contributed by atoms with E-state index < -0.39 is 5.91 Å². The molecule has 166 valence electrons. The summed E-state index contributed by atoms with van der Waals surface area (Å²) in [5, 5.41) is 17.7. The highest BCUT2D eigenvalue weighted by atomic mass is 16.5. The number of methoxy groups -OCH3 is 3. The standard InChI is InChI=1S/C24H21N5O4/c1-14-9-21(27-18-8-6-5-7-17(14)18)29-23(16(12-25)13-26-29)28-24(30)15-10-19(31-2)22(33-4)20(11-15)32-3/h5-11,13H,1-4H3,(H,28,30). The largest absolute Gasteiger partial charge is 0.493 e. The van der Waals surface area contributed by atoms with Gasteiger partial charge >= 0.3 is 0 Å². The number of aromatic nitrogens is 3. The Balaban J connectivity index is 1.77. The quantitative estimate of drug-likeness (QED) is 0.481. The second-order valence-corrected chi connectivity index (χ2v) is 7.11. The van der Waals surface area contributed by atoms with Crippen LogP contribution in [-0.2, 0) is 0 Å². The molecule has 0 aliphatic carbocycles. The smallest absolute Gasteiger partial charge is 0.257 e. The molecule has 2 heterocycles. The van der Waals surface area contributed by atoms with Crippen LogP contribution in [0, 0.1) is 18.3 Å². The lowest BCUT2D eigenvalue weighted by atomic mass is 10.1. The van der Waals surface area contributed by atoms with Crippen molar-refractivity contribution in [2.45, 2.75) is 6.92 Å². The lowest BCUT2D eigenvalue weighted by Gasteiger charge is -2.15. The number of para-hydroxylation sites is 1. The van der Waals surface area contributed by atoms with Gasteiger partial charge in [0.1, 0.15) is 11.6 Å². The summed E-state index contributed by atoms with van der Waals surface area (Å²) >= 11 is 0. The third-order valence-electron chi connectivity index (χ3n) is 5.18. The normalized spacial score (nSPS) is 10.5. The first-order chi connectivity index (χ1) is 16.0. The molecular weight excluding hydrogens is 422 g/mol. The van der Waals surface area contributed by atoms with Gasteiger partial charge in [0.2, 0.25) is 5.75 Å². The van der Waals surface area contributed by atoms with Crippen molar-refractivity contribution in [2.24, 2.45) is 0 Å². The number of anilines is 1. The van der Waals surface area contributed by atoms with Crippen LogP contribution in [-0.4, -0.2) is 42.0 Å². The Kier molecular flexibility index (Phi) is 5.83. The Bertz CT molecular complexity index is 1380. The molecule has 9 heteroatoms. The summed E-state index contributed by atoms with van der Waals surface area (Å²) in [5.74, 6) is 1.25. The lowest BCUT2D eigenvalue weighted by Crippen LogP contribution is -2.17. The van der Waals surface area contributed by atoms with Gasteiger partial charge in [-0.15, -0.1) is 0 Å². The van der Waals surface area contributed by atoms with Crippen LogP contribution in [0.15, 0.2) is 48.7 Å². The zero-order valence-corrected chi connectivity index (χ0v) is 18.5. The van der Waals surface area contributed by atoms with Gasteiger partial charge in [0.05, 0.1) is 33.0 Å². The third-order valence-corrected chi connectivity index (χ3v) is 5.18. The maximum absolute atomic E-state index is 13.1. The summed E-state index contributed by atoms with van der Waals surface area (Å²) in [6.07, 6.45) is 1.39. The highest BCUT2D eigenvalue weighted by Crippen LogP contribution is 2.38. The second kappa shape index (κ2) is 8.88. The fraction of sp³-hybridized carbons (Fsp3) is 0.167. The van der Waals surface area contributed by atoms with Gasteiger partial charge in [-0.1, -0.05) is 18.2 Å². The highest BCUT2D eigenvalue weighted by molar-refractivity contribution is 6.05. The van der Waals surface area contributed by atoms with Crippen LogP contribution in [0.2, 0.25) is 0 Å². The van der Waals surface area contributed by atoms with Crippen molar-refractivity contribution in [1.82, 2.24) is 14.8 Å². The Hall–Kier alpha value is -4.58. The predicted octanol–water partition coefficient (Wildman–Crippen LogP) is 3.88. The summed E-state index contributed by atoms with van der Waals surface area (Å²) in [4.78, 5) is 17.8. The van der Waals surface area contributed by atoms with Crippen molar-refractivity contribution in [3.05, 3.63) is 65.4 Å². The van der Waals surface area contributed by atoms with E-state index in [1.807, 2.05) is 37.3 Å². The number of benzene rings is 2. The van der Waals surface area contributed by atoms with E-state index in [0.29, 0.717) is 23.1 Å². The van der Waals surface area contributed by atoms with Gasteiger partial charge in [-0.3, -0.25) is 4.79 Å². The van der Waals surface area contributed by atoms with E-state index in [-0.39, 0.29) is 16.9 Å². The SMILES string of the molecule is COc1cc(C(=O)Nc2c(C#N)cnn2-c2cc(C)c3ccccc3n2)cc(OC)c1OC. The summed E-state index contributed by atoms with van der Waals surface area (Å²) in [5.41, 5.74) is 2.22. The van der Waals surface area contributed by atoms with Crippen molar-refractivity contribution >= 4 is 22.6 Å². The van der Waals surface area contributed by atoms with Crippen molar-refractivity contribution in [2.75, 3.05) is 26.6 Å². The molecule has 1 amide bonds. The molecule has 0 spiro atoms. The first-order valence-electron chi connectivity index (χ1n) is 9.97. The molecule has 0 aliphatic rings. The molecule has 4 aromatic rings. The molecule has 33 heavy (non-hydrogen) atoms. The minimum atomic E-state index is -0.481. The number of nitriles is 1. The van der Waals surface area contributed by atoms with Gasteiger partial charge in [-0.2, -0.15) is 15.0 Å². The highest BCUT2D eigenvalue weighted by Gasteiger charge is 2.21. The molecule has 0 radical (unpaired) electrons. The number of nitrogens with one attached hydrogen (secondary N) is 1. The number of hydrogen-bond acceptors (Lipinski definition) is 7. The number of amides is 1. The lowest BCUT2D eigenvalue weighted by molar-refractivity contribution is 0.102. The minimum Gasteiger partial charge on any atom is -0.493 e. The molecule has 0 fully saturated rings. The van der Waals surface area contributed by atoms with Gasteiger partial charge in [-0.05, 0) is 36.8 Å². The van der Waals surface area contributed by atoms with E-state index in [1.54, 1.807) is 0 Å². The van der Waals surface area contributed by atoms with Crippen LogP contribution in [0.4, 0.5) is 5.82 Å². The topological polar surface area (TPSA) is 111 Å². The van der Waals surface area contributed by atoms with E-state index in [0.717, 1.165) is 16.5 Å². The molecule has 0 bridgehead atoms. The molecule has 2 aromatic heterocycles. The Morgan fingerprint density at radius 3 is 2.39 bits per heavy atom. The van der Waals surface area contributed by atoms with Gasteiger partial charge in [-0.25, -0.2) is 4.98 Å². The zero-order valence-electron chi connectivity index (χ0n) is 18.5. The number of ether oxygens (including phenoxy) is 3. The maximum atomic E-state index is 13.1. The summed E-state index contributed by atoms with van der Waals surface area (Å²) in [6.45, 7) is 1.97. The number of fused-ring (bicyclic) bond motifs is 1. The number of carbonyl (C=O) groups excluding carboxylic acids is 1. The van der Waals surface area contributed by atoms with Gasteiger partial charge in [0.15, 0.2) is 23.1 Å². The first-order valence-corrected chi connectivity index (χ1v) is 9.97. The van der Waals surface area contributed by atoms with Crippen LogP contribution in [0.25, 0.3) is 16.7 Å². The number of hydrogen-bond donors (Lipinski definition) is 1. The first kappa shape index (κ1) is 21.6. The van der Waals surface area contributed by atoms with Crippen LogP contribution < -0.4 is 19.5 Å². The van der Waals surface area contributed by atoms with Crippen LogP contribution in [0.3, 0.4) is 0 Å². The molecule has 4 rings (SSSR count). The number of nitrogens with zero attached hydrogens (tertiary/aromatic N) is 4. The Labute approximate surface area is 190 Å². The van der Waals surface area contributed by atoms with Crippen LogP contribution in [0.5, 0.6) is 17.2 Å². The second-order valence-electron chi connectivity index (χ2n) is 7.11. The van der Waals surface area contributed by atoms with Gasteiger partial charge < -0.3 is 19.5 Å². The fourth-order valence-electron chi connectivity index (χ4n) is 3.56. The summed E-state index contributed by atoms with van der Waals surface area (Å²) in [7, 11) is 4.42. The number of rotatable bonds is 6. The van der Waals surface area contributed by atoms with E-state index >= 15 is 0 Å². The third kappa shape index (κ3) is 3.90. The molecule has 0 aliphatic heterocycles. The number of pyridine rings is 1. The average Bonchev–Trinajstić information content (AvgIpc) is 3.25. The van der Waals surface area contributed by atoms with E-state index in [1.165, 1.54) is 44.3 Å². The molecule has 0 unspecified atom stereocenters. The van der Waals surface area contributed by atoms with Crippen LogP contribution >= 0.6 is 0 Å². The Morgan fingerprint density at radius 2 is 1.76 bits per heavy atom. The van der Waals surface area contributed by atoms with Gasteiger partial charge in [0, 0.05) is 10.9 Å². The maximum Gasteiger partial charge on any atom is 0.257 e. The van der Waals surface area contributed by atoms with Crippen molar-refractivity contribution < 1.29 is 19.0 Å². The van der Waals surface area contributed by atoms with Crippen molar-refractivity contribution in [3.63, 3.8) is 0 Å². The summed E-state index contributed by atoms with van der Waals surface area (Å²) in [6, 6.07) is 14.7. The predicted molar refractivity (Wildman–Crippen MR) is 122 cm³/mol. The molecule has 0 saturated heterocycles. The fourth-order valence-corrected chi connectivity index (χ4v) is 3.56. The van der Waals surface area contributed by atoms with Crippen molar-refractivity contribution in [3.8, 4) is 29.1 Å². The molecule has 9 nitrogen and oxygen atoms in total. The monoisotopic (exact) mass is 443 g/mol. The molecule has 0 atom stereocenters. The molecule has 0 saturated carbocycles. The van der Waals surface area contributed by atoms with Crippen molar-refractivity contribution in [1.29, 1.82) is 5.26 Å². The zero-order chi connectivity index (χ0) is 23.5. The van der Waals surface area contributed by atoms with E-state index in [9.17, 15) is 10.1 Å².